The van der Waals surface area contributed by atoms with Crippen molar-refractivity contribution in [3.63, 3.8) is 0 Å². The molecular formula is C15H18N2O3. The predicted octanol–water partition coefficient (Wildman–Crippen LogP) is 0.285. The number of benzene rings is 1. The minimum atomic E-state index is -0.600. The van der Waals surface area contributed by atoms with Gasteiger partial charge in [0.25, 0.3) is 5.91 Å². The van der Waals surface area contributed by atoms with Crippen LogP contribution in [0.3, 0.4) is 0 Å². The number of aliphatic hydroxyl groups excluding tert-OH is 1. The van der Waals surface area contributed by atoms with E-state index in [0.717, 1.165) is 0 Å². The maximum absolute atomic E-state index is 12.0. The molecule has 0 aromatic heterocycles. The van der Waals surface area contributed by atoms with Crippen molar-refractivity contribution in [3.8, 4) is 11.8 Å². The number of aliphatic hydroxyl groups is 1. The molecule has 5 heteroatoms. The van der Waals surface area contributed by atoms with Gasteiger partial charge in [0.05, 0.1) is 6.61 Å². The summed E-state index contributed by atoms with van der Waals surface area (Å²) in [6, 6.07) is 6.21. The molecule has 0 aliphatic carbocycles. The second-order valence-electron chi connectivity index (χ2n) is 4.17. The summed E-state index contributed by atoms with van der Waals surface area (Å²) in [5.41, 5.74) is 1.13. The summed E-state index contributed by atoms with van der Waals surface area (Å²) in [6.45, 7) is 1.62. The van der Waals surface area contributed by atoms with Crippen LogP contribution in [0, 0.1) is 11.8 Å². The summed E-state index contributed by atoms with van der Waals surface area (Å²) in [7, 11) is 1.52. The molecule has 0 aliphatic rings. The van der Waals surface area contributed by atoms with E-state index in [4.69, 9.17) is 5.11 Å². The Morgan fingerprint density at radius 3 is 2.80 bits per heavy atom. The quantitative estimate of drug-likeness (QED) is 0.690. The zero-order chi connectivity index (χ0) is 15.0. The Labute approximate surface area is 118 Å². The van der Waals surface area contributed by atoms with Crippen molar-refractivity contribution >= 4 is 11.8 Å². The first-order valence-electron chi connectivity index (χ1n) is 6.30. The zero-order valence-electron chi connectivity index (χ0n) is 11.6. The average Bonchev–Trinajstić information content (AvgIpc) is 2.46. The maximum atomic E-state index is 12.0. The van der Waals surface area contributed by atoms with Crippen LogP contribution in [0.1, 0.15) is 29.3 Å². The van der Waals surface area contributed by atoms with Gasteiger partial charge in [-0.15, -0.1) is 0 Å². The van der Waals surface area contributed by atoms with Crippen molar-refractivity contribution in [2.75, 3.05) is 13.7 Å². The lowest BCUT2D eigenvalue weighted by molar-refractivity contribution is -0.122. The van der Waals surface area contributed by atoms with Crippen LogP contribution in [-0.2, 0) is 4.79 Å². The molecule has 106 valence electrons. The molecule has 3 N–H and O–H groups in total. The highest BCUT2D eigenvalue weighted by Gasteiger charge is 2.15. The normalized spacial score (nSPS) is 10.9. The van der Waals surface area contributed by atoms with E-state index >= 15 is 0 Å². The third kappa shape index (κ3) is 4.75. The van der Waals surface area contributed by atoms with Gasteiger partial charge >= 0.3 is 0 Å². The lowest BCUT2D eigenvalue weighted by Crippen LogP contribution is -2.43. The van der Waals surface area contributed by atoms with Crippen LogP contribution < -0.4 is 10.6 Å². The van der Waals surface area contributed by atoms with Gasteiger partial charge in [0.2, 0.25) is 5.91 Å². The molecule has 1 unspecified atom stereocenters. The smallest absolute Gasteiger partial charge is 0.251 e. The third-order valence-electron chi connectivity index (χ3n) is 2.58. The fraction of sp³-hybridized carbons (Fsp3) is 0.333. The number of nitrogens with one attached hydrogen (secondary N) is 2. The van der Waals surface area contributed by atoms with E-state index in [1.807, 2.05) is 0 Å². The Hall–Kier alpha value is -2.32. The van der Waals surface area contributed by atoms with Gasteiger partial charge in [-0.3, -0.25) is 9.59 Å². The van der Waals surface area contributed by atoms with Crippen LogP contribution in [0.2, 0.25) is 0 Å². The summed E-state index contributed by atoms with van der Waals surface area (Å²) in [6.07, 6.45) is 0.393. The van der Waals surface area contributed by atoms with Crippen LogP contribution in [0.25, 0.3) is 0 Å². The topological polar surface area (TPSA) is 78.4 Å². The molecule has 1 aromatic rings. The highest BCUT2D eigenvalue weighted by Crippen LogP contribution is 2.04. The molecule has 0 radical (unpaired) electrons. The Kier molecular flexibility index (Phi) is 6.27. The van der Waals surface area contributed by atoms with E-state index in [1.54, 1.807) is 31.2 Å². The number of carbonyl (C=O) groups excluding carboxylic acids is 2. The second kappa shape index (κ2) is 7.97. The molecule has 1 atom stereocenters. The van der Waals surface area contributed by atoms with Crippen LogP contribution in [0.4, 0.5) is 0 Å². The Morgan fingerprint density at radius 2 is 2.15 bits per heavy atom. The summed E-state index contributed by atoms with van der Waals surface area (Å²) in [5, 5.41) is 13.7. The predicted molar refractivity (Wildman–Crippen MR) is 76.0 cm³/mol. The summed E-state index contributed by atoms with van der Waals surface area (Å²) >= 11 is 0. The molecular weight excluding hydrogens is 256 g/mol. The van der Waals surface area contributed by atoms with E-state index in [2.05, 4.69) is 22.5 Å². The molecule has 0 saturated carbocycles. The number of rotatable bonds is 4. The second-order valence-corrected chi connectivity index (χ2v) is 4.17. The first-order valence-corrected chi connectivity index (χ1v) is 6.30. The molecule has 0 heterocycles. The highest BCUT2D eigenvalue weighted by atomic mass is 16.2. The Bertz CT molecular complexity index is 544. The molecule has 0 fully saturated rings. The molecule has 1 rings (SSSR count). The monoisotopic (exact) mass is 274 g/mol. The van der Waals surface area contributed by atoms with Crippen LogP contribution >= 0.6 is 0 Å². The third-order valence-corrected chi connectivity index (χ3v) is 2.58. The SMILES string of the molecule is CNC(=O)C(C)NC(=O)c1cccc(C#CCCO)c1. The summed E-state index contributed by atoms with van der Waals surface area (Å²) < 4.78 is 0. The zero-order valence-corrected chi connectivity index (χ0v) is 11.6. The van der Waals surface area contributed by atoms with Crippen molar-refractivity contribution in [2.45, 2.75) is 19.4 Å². The lowest BCUT2D eigenvalue weighted by Gasteiger charge is -2.12. The molecule has 0 spiro atoms. The molecule has 1 aromatic carbocycles. The molecule has 2 amide bonds. The fourth-order valence-electron chi connectivity index (χ4n) is 1.52. The van der Waals surface area contributed by atoms with E-state index < -0.39 is 6.04 Å². The number of hydrogen-bond acceptors (Lipinski definition) is 3. The molecule has 0 bridgehead atoms. The van der Waals surface area contributed by atoms with Crippen LogP contribution in [-0.4, -0.2) is 36.6 Å². The van der Waals surface area contributed by atoms with E-state index in [0.29, 0.717) is 17.5 Å². The van der Waals surface area contributed by atoms with Crippen molar-refractivity contribution in [1.82, 2.24) is 10.6 Å². The Balaban J connectivity index is 2.77. The number of hydrogen-bond donors (Lipinski definition) is 3. The van der Waals surface area contributed by atoms with Gasteiger partial charge in [-0.1, -0.05) is 17.9 Å². The van der Waals surface area contributed by atoms with E-state index in [-0.39, 0.29) is 18.4 Å². The number of likely N-dealkylation sites (N-methyl/N-ethyl adjacent to an activating group) is 1. The van der Waals surface area contributed by atoms with E-state index in [1.165, 1.54) is 7.05 Å². The van der Waals surface area contributed by atoms with Crippen molar-refractivity contribution in [2.24, 2.45) is 0 Å². The summed E-state index contributed by atoms with van der Waals surface area (Å²) in [4.78, 5) is 23.3. The standard InChI is InChI=1S/C15H18N2O3/c1-11(14(19)16-2)17-15(20)13-8-5-7-12(10-13)6-3-4-9-18/h5,7-8,10-11,18H,4,9H2,1-2H3,(H,16,19)(H,17,20). The molecule has 5 nitrogen and oxygen atoms in total. The van der Waals surface area contributed by atoms with Gasteiger partial charge in [-0.2, -0.15) is 0 Å². The number of amides is 2. The van der Waals surface area contributed by atoms with E-state index in [9.17, 15) is 9.59 Å². The first kappa shape index (κ1) is 15.7. The average molecular weight is 274 g/mol. The fourth-order valence-corrected chi connectivity index (χ4v) is 1.52. The minimum absolute atomic E-state index is 0.0107. The van der Waals surface area contributed by atoms with Gasteiger partial charge < -0.3 is 15.7 Å². The molecule has 20 heavy (non-hydrogen) atoms. The summed E-state index contributed by atoms with van der Waals surface area (Å²) in [5.74, 6) is 5.07. The molecule has 0 aliphatic heterocycles. The molecule has 0 saturated heterocycles. The lowest BCUT2D eigenvalue weighted by atomic mass is 10.1. The van der Waals surface area contributed by atoms with Gasteiger partial charge in [0, 0.05) is 24.6 Å². The van der Waals surface area contributed by atoms with Crippen molar-refractivity contribution < 1.29 is 14.7 Å². The van der Waals surface area contributed by atoms with Crippen LogP contribution in [0.15, 0.2) is 24.3 Å². The van der Waals surface area contributed by atoms with Gasteiger partial charge in [-0.25, -0.2) is 0 Å². The van der Waals surface area contributed by atoms with Gasteiger partial charge in [0.1, 0.15) is 6.04 Å². The Morgan fingerprint density at radius 1 is 1.40 bits per heavy atom. The van der Waals surface area contributed by atoms with Crippen molar-refractivity contribution in [3.05, 3.63) is 35.4 Å². The number of carbonyl (C=O) groups is 2. The largest absolute Gasteiger partial charge is 0.395 e. The minimum Gasteiger partial charge on any atom is -0.395 e. The van der Waals surface area contributed by atoms with Gasteiger partial charge in [0.15, 0.2) is 0 Å². The highest BCUT2D eigenvalue weighted by molar-refractivity contribution is 5.97. The van der Waals surface area contributed by atoms with Crippen molar-refractivity contribution in [1.29, 1.82) is 0 Å². The van der Waals surface area contributed by atoms with Crippen LogP contribution in [0.5, 0.6) is 0 Å². The van der Waals surface area contributed by atoms with Gasteiger partial charge in [-0.05, 0) is 25.1 Å². The maximum Gasteiger partial charge on any atom is 0.251 e. The first-order chi connectivity index (χ1) is 9.58.